The Labute approximate surface area is 349 Å². The van der Waals surface area contributed by atoms with E-state index in [1.54, 1.807) is 6.92 Å². The average molecular weight is 861 g/mol. The molecule has 0 saturated carbocycles. The maximum atomic E-state index is 13.3. The topological polar surface area (TPSA) is 312 Å². The Morgan fingerprint density at radius 2 is 1.32 bits per heavy atom. The van der Waals surface area contributed by atoms with Crippen LogP contribution in [0.2, 0.25) is 0 Å². The second-order valence-corrected chi connectivity index (χ2v) is 17.0. The van der Waals surface area contributed by atoms with E-state index in [4.69, 9.17) is 18.9 Å². The summed E-state index contributed by atoms with van der Waals surface area (Å²) >= 11 is 0. The lowest BCUT2D eigenvalue weighted by atomic mass is 9.87. The number of hydrogen-bond acceptors (Lipinski definition) is 16. The highest BCUT2D eigenvalue weighted by Crippen LogP contribution is 2.37. The lowest BCUT2D eigenvalue weighted by molar-refractivity contribution is -0.346. The quantitative estimate of drug-likeness (QED) is 0.0584. The van der Waals surface area contributed by atoms with Gasteiger partial charge in [0.05, 0.1) is 31.3 Å². The first-order chi connectivity index (χ1) is 28.4. The van der Waals surface area contributed by atoms with Gasteiger partial charge in [-0.25, -0.2) is 4.79 Å². The molecular formula is C40H68N4O16. The highest BCUT2D eigenvalue weighted by atomic mass is 16.8. The van der Waals surface area contributed by atoms with E-state index in [0.29, 0.717) is 18.8 Å². The zero-order valence-corrected chi connectivity index (χ0v) is 35.0. The summed E-state index contributed by atoms with van der Waals surface area (Å²) in [5.41, 5.74) is -1.57. The minimum Gasteiger partial charge on any atom is -0.394 e. The lowest BCUT2D eigenvalue weighted by Crippen LogP contribution is -2.68. The molecule has 0 spiro atoms. The van der Waals surface area contributed by atoms with Gasteiger partial charge in [0.15, 0.2) is 18.8 Å². The molecule has 3 aliphatic rings. The van der Waals surface area contributed by atoms with Gasteiger partial charge in [-0.15, -0.1) is 0 Å². The van der Waals surface area contributed by atoms with E-state index < -0.39 is 128 Å². The fourth-order valence-corrected chi connectivity index (χ4v) is 8.18. The number of amides is 2. The summed E-state index contributed by atoms with van der Waals surface area (Å²) in [6, 6.07) is -1.93. The third-order valence-electron chi connectivity index (χ3n) is 11.6. The molecule has 3 saturated heterocycles. The van der Waals surface area contributed by atoms with Gasteiger partial charge in [-0.2, -0.15) is 0 Å². The van der Waals surface area contributed by atoms with Crippen molar-refractivity contribution in [3.63, 3.8) is 0 Å². The normalized spacial score (nSPS) is 34.4. The second kappa shape index (κ2) is 23.5. The van der Waals surface area contributed by atoms with Gasteiger partial charge in [0, 0.05) is 19.2 Å². The van der Waals surface area contributed by atoms with Gasteiger partial charge >= 0.3 is 5.69 Å². The van der Waals surface area contributed by atoms with Crippen molar-refractivity contribution in [3.8, 4) is 0 Å². The van der Waals surface area contributed by atoms with Crippen LogP contribution in [-0.4, -0.2) is 155 Å². The number of rotatable bonds is 22. The summed E-state index contributed by atoms with van der Waals surface area (Å²) in [5, 5.41) is 91.6. The van der Waals surface area contributed by atoms with Crippen LogP contribution >= 0.6 is 0 Å². The maximum absolute atomic E-state index is 13.3. The molecule has 3 aliphatic heterocycles. The molecule has 1 unspecified atom stereocenters. The van der Waals surface area contributed by atoms with Crippen molar-refractivity contribution >= 4 is 11.8 Å². The zero-order valence-electron chi connectivity index (χ0n) is 35.0. The minimum absolute atomic E-state index is 0.182. The standard InChI is InChI=1S/C40H68N4O16/c1-20(2)13-11-9-7-5-6-8-10-12-14-23(47)18-27(49)42-29-33(53)30(50)24(57-39(29)60-38-28(41-22(4)46)32(52)31(51)25(19-45)58-38)17-21(3)36-34(54)35(55)37(59-36)44-16-15-26(48)43-40(44)56/h15-16,20-21,23-25,28-39,45,47,50-55H,5-14,17-19H2,1-4H3,(H,41,46)(H,42,49)(H,43,48,56)/t21-,23?,24-,25+,28-,29-,30+,31+,32-,33-,34+,35-,36-,37-,38+,39+/m1/s1. The number of aromatic nitrogens is 2. The number of nitrogens with one attached hydrogen (secondary N) is 3. The largest absolute Gasteiger partial charge is 0.394 e. The van der Waals surface area contributed by atoms with Crippen LogP contribution in [0.15, 0.2) is 21.9 Å². The van der Waals surface area contributed by atoms with Crippen LogP contribution < -0.4 is 21.9 Å². The summed E-state index contributed by atoms with van der Waals surface area (Å²) in [6.07, 6.45) is -9.00. The molecule has 1 aromatic rings. The van der Waals surface area contributed by atoms with Crippen molar-refractivity contribution in [1.29, 1.82) is 0 Å². The van der Waals surface area contributed by atoms with Gasteiger partial charge in [0.2, 0.25) is 11.8 Å². The molecule has 4 rings (SSSR count). The van der Waals surface area contributed by atoms with Crippen LogP contribution in [-0.2, 0) is 28.5 Å². The molecule has 344 valence electrons. The van der Waals surface area contributed by atoms with Crippen molar-refractivity contribution in [2.45, 2.75) is 197 Å². The Kier molecular flexibility index (Phi) is 19.5. The van der Waals surface area contributed by atoms with Gasteiger partial charge < -0.3 is 70.4 Å². The fraction of sp³-hybridized carbons (Fsp3) is 0.850. The van der Waals surface area contributed by atoms with Crippen LogP contribution in [0.1, 0.15) is 111 Å². The third-order valence-corrected chi connectivity index (χ3v) is 11.6. The van der Waals surface area contributed by atoms with Crippen LogP contribution in [0.4, 0.5) is 0 Å². The summed E-state index contributed by atoms with van der Waals surface area (Å²) in [5.74, 6) is -1.41. The molecule has 0 aromatic carbocycles. The van der Waals surface area contributed by atoms with Crippen molar-refractivity contribution < 1.29 is 69.4 Å². The number of aromatic amines is 1. The van der Waals surface area contributed by atoms with Crippen LogP contribution in [0.3, 0.4) is 0 Å². The molecule has 3 fully saturated rings. The van der Waals surface area contributed by atoms with Crippen molar-refractivity contribution in [3.05, 3.63) is 33.1 Å². The number of hydrogen-bond donors (Lipinski definition) is 11. The molecule has 16 atom stereocenters. The monoisotopic (exact) mass is 860 g/mol. The Balaban J connectivity index is 1.44. The minimum atomic E-state index is -1.80. The third kappa shape index (κ3) is 13.6. The molecule has 20 nitrogen and oxygen atoms in total. The SMILES string of the molecule is CC(=O)N[C@H]1[C@H](O[C@@H]2O[C@H](C[C@@H](C)[C@H]3O[C@@H](n4ccc(=O)[nH]c4=O)[C@H](O)[C@@H]3O)[C@H](O)[C@H](O)[C@H]2NC(=O)CC(O)CCCCCCCCCCC(C)C)O[C@@H](CO)[C@H](O)[C@@H]1O. The zero-order chi connectivity index (χ0) is 44.3. The van der Waals surface area contributed by atoms with Gasteiger partial charge in [-0.3, -0.25) is 23.9 Å². The molecular weight excluding hydrogens is 792 g/mol. The van der Waals surface area contributed by atoms with E-state index in [-0.39, 0.29) is 12.8 Å². The van der Waals surface area contributed by atoms with E-state index in [1.807, 2.05) is 0 Å². The van der Waals surface area contributed by atoms with Gasteiger partial charge in [-0.1, -0.05) is 78.6 Å². The number of aliphatic hydroxyl groups excluding tert-OH is 8. The summed E-state index contributed by atoms with van der Waals surface area (Å²) < 4.78 is 24.7. The Morgan fingerprint density at radius 3 is 1.88 bits per heavy atom. The highest BCUT2D eigenvalue weighted by Gasteiger charge is 2.53. The second-order valence-electron chi connectivity index (χ2n) is 17.0. The average Bonchev–Trinajstić information content (AvgIpc) is 3.48. The van der Waals surface area contributed by atoms with E-state index in [0.717, 1.165) is 49.4 Å². The maximum Gasteiger partial charge on any atom is 0.330 e. The Hall–Kier alpha value is -2.86. The summed E-state index contributed by atoms with van der Waals surface area (Å²) in [6.45, 7) is 6.41. The molecule has 11 N–H and O–H groups in total. The molecule has 4 heterocycles. The van der Waals surface area contributed by atoms with Crippen molar-refractivity contribution in [2.75, 3.05) is 6.61 Å². The van der Waals surface area contributed by atoms with Crippen molar-refractivity contribution in [2.24, 2.45) is 11.8 Å². The molecule has 0 aliphatic carbocycles. The first-order valence-electron chi connectivity index (χ1n) is 21.3. The van der Waals surface area contributed by atoms with E-state index in [9.17, 15) is 60.0 Å². The smallest absolute Gasteiger partial charge is 0.330 e. The number of carbonyl (C=O) groups excluding carboxylic acids is 2. The first-order valence-corrected chi connectivity index (χ1v) is 21.3. The van der Waals surface area contributed by atoms with Gasteiger partial charge in [0.25, 0.3) is 5.56 Å². The molecule has 0 radical (unpaired) electrons. The van der Waals surface area contributed by atoms with Crippen LogP contribution in [0, 0.1) is 11.8 Å². The predicted octanol–water partition coefficient (Wildman–Crippen LogP) is -1.62. The van der Waals surface area contributed by atoms with E-state index in [1.165, 1.54) is 25.7 Å². The number of aliphatic hydroxyl groups is 8. The van der Waals surface area contributed by atoms with Gasteiger partial charge in [-0.05, 0) is 24.7 Å². The number of unbranched alkanes of at least 4 members (excludes halogenated alkanes) is 7. The molecule has 1 aromatic heterocycles. The van der Waals surface area contributed by atoms with E-state index >= 15 is 0 Å². The molecule has 20 heteroatoms. The van der Waals surface area contributed by atoms with Crippen LogP contribution in [0.25, 0.3) is 0 Å². The first kappa shape index (κ1) is 49.8. The van der Waals surface area contributed by atoms with Crippen molar-refractivity contribution in [1.82, 2.24) is 20.2 Å². The fourth-order valence-electron chi connectivity index (χ4n) is 8.18. The van der Waals surface area contributed by atoms with Crippen LogP contribution in [0.5, 0.6) is 0 Å². The lowest BCUT2D eigenvalue weighted by Gasteiger charge is -2.47. The van der Waals surface area contributed by atoms with Gasteiger partial charge in [0.1, 0.15) is 54.8 Å². The molecule has 0 bridgehead atoms. The number of ether oxygens (including phenoxy) is 4. The summed E-state index contributed by atoms with van der Waals surface area (Å²) in [4.78, 5) is 51.5. The number of H-pyrrole nitrogens is 1. The number of nitrogens with zero attached hydrogens (tertiary/aromatic N) is 1. The predicted molar refractivity (Wildman–Crippen MR) is 212 cm³/mol. The van der Waals surface area contributed by atoms with E-state index in [2.05, 4.69) is 29.5 Å². The molecule has 60 heavy (non-hydrogen) atoms. The number of carbonyl (C=O) groups is 2. The highest BCUT2D eigenvalue weighted by molar-refractivity contribution is 5.77. The summed E-state index contributed by atoms with van der Waals surface area (Å²) in [7, 11) is 0. The Morgan fingerprint density at radius 1 is 0.767 bits per heavy atom. The molecule has 2 amide bonds. The Bertz CT molecular complexity index is 1600.